The van der Waals surface area contributed by atoms with Crippen molar-refractivity contribution in [3.8, 4) is 0 Å². The summed E-state index contributed by atoms with van der Waals surface area (Å²) in [7, 11) is -1.64. The molecule has 0 aliphatic rings. The van der Waals surface area contributed by atoms with Gasteiger partial charge >= 0.3 is 0 Å². The summed E-state index contributed by atoms with van der Waals surface area (Å²) in [5.74, 6) is 0.520. The Kier molecular flexibility index (Phi) is 3.72. The Labute approximate surface area is 90.8 Å². The van der Waals surface area contributed by atoms with Crippen molar-refractivity contribution in [1.29, 1.82) is 0 Å². The fourth-order valence-corrected chi connectivity index (χ4v) is 1.93. The van der Waals surface area contributed by atoms with E-state index >= 15 is 0 Å². The van der Waals surface area contributed by atoms with Crippen LogP contribution >= 0.6 is 11.8 Å². The molecule has 1 rings (SSSR count). The molecule has 0 bridgehead atoms. The number of halogens is 1. The third-order valence-electron chi connectivity index (χ3n) is 1.50. The van der Waals surface area contributed by atoms with E-state index in [1.807, 2.05) is 30.3 Å². The van der Waals surface area contributed by atoms with Gasteiger partial charge in [-0.15, -0.1) is 4.51 Å². The molecule has 76 valence electrons. The van der Waals surface area contributed by atoms with Crippen LogP contribution in [0.2, 0.25) is 19.6 Å². The van der Waals surface area contributed by atoms with Crippen molar-refractivity contribution in [2.75, 3.05) is 0 Å². The number of hydrogen-bond acceptors (Lipinski definition) is 2. The topological polar surface area (TPSA) is 21.6 Å². The molecule has 0 N–H and O–H groups in total. The van der Waals surface area contributed by atoms with E-state index in [4.69, 9.17) is 16.2 Å². The lowest BCUT2D eigenvalue weighted by Gasteiger charge is -2.19. The first-order chi connectivity index (χ1) is 6.53. The van der Waals surface area contributed by atoms with Crippen LogP contribution in [-0.4, -0.2) is 14.2 Å². The molecule has 1 aromatic carbocycles. The molecule has 0 saturated carbocycles. The van der Waals surface area contributed by atoms with Crippen molar-refractivity contribution >= 4 is 26.0 Å². The maximum atomic E-state index is 5.73. The summed E-state index contributed by atoms with van der Waals surface area (Å²) in [6.07, 6.45) is 0. The van der Waals surface area contributed by atoms with Gasteiger partial charge in [-0.3, -0.25) is 0 Å². The minimum atomic E-state index is -1.64. The van der Waals surface area contributed by atoms with Gasteiger partial charge in [0.15, 0.2) is 0 Å². The van der Waals surface area contributed by atoms with E-state index in [1.165, 1.54) is 0 Å². The quantitative estimate of drug-likeness (QED) is 0.431. The SMILES string of the molecule is C[Si](C)(C)O/C(=N\Cl)c1ccccc1. The maximum absolute atomic E-state index is 5.73. The van der Waals surface area contributed by atoms with Crippen molar-refractivity contribution in [3.05, 3.63) is 35.9 Å². The Morgan fingerprint density at radius 3 is 2.21 bits per heavy atom. The highest BCUT2D eigenvalue weighted by molar-refractivity contribution is 6.71. The zero-order valence-corrected chi connectivity index (χ0v) is 10.4. The van der Waals surface area contributed by atoms with Gasteiger partial charge < -0.3 is 4.43 Å². The lowest BCUT2D eigenvalue weighted by Crippen LogP contribution is -2.29. The van der Waals surface area contributed by atoms with Crippen LogP contribution in [0.3, 0.4) is 0 Å². The molecule has 0 saturated heterocycles. The molecule has 4 heteroatoms. The molecular weight excluding hydrogens is 214 g/mol. The molecular formula is C10H14ClNOSi. The van der Waals surface area contributed by atoms with Crippen LogP contribution in [0.15, 0.2) is 34.8 Å². The summed E-state index contributed by atoms with van der Waals surface area (Å²) in [6.45, 7) is 6.29. The minimum Gasteiger partial charge on any atom is -0.530 e. The second kappa shape index (κ2) is 4.62. The van der Waals surface area contributed by atoms with Crippen molar-refractivity contribution in [3.63, 3.8) is 0 Å². The zero-order chi connectivity index (χ0) is 10.6. The van der Waals surface area contributed by atoms with Crippen LogP contribution in [0.5, 0.6) is 0 Å². The van der Waals surface area contributed by atoms with Crippen LogP contribution in [0, 0.1) is 0 Å². The lowest BCUT2D eigenvalue weighted by molar-refractivity contribution is 0.555. The molecule has 0 atom stereocenters. The van der Waals surface area contributed by atoms with Crippen molar-refractivity contribution in [2.24, 2.45) is 4.51 Å². The largest absolute Gasteiger partial charge is 0.530 e. The van der Waals surface area contributed by atoms with Crippen LogP contribution in [-0.2, 0) is 4.43 Å². The smallest absolute Gasteiger partial charge is 0.244 e. The van der Waals surface area contributed by atoms with Crippen LogP contribution in [0.1, 0.15) is 5.56 Å². The van der Waals surface area contributed by atoms with Crippen LogP contribution in [0.4, 0.5) is 0 Å². The van der Waals surface area contributed by atoms with E-state index in [9.17, 15) is 0 Å². The van der Waals surface area contributed by atoms with Gasteiger partial charge in [-0.05, 0) is 31.8 Å². The molecule has 0 aromatic heterocycles. The average Bonchev–Trinajstić information content (AvgIpc) is 2.14. The third kappa shape index (κ3) is 3.52. The number of hydrogen-bond donors (Lipinski definition) is 0. The van der Waals surface area contributed by atoms with E-state index in [0.29, 0.717) is 5.90 Å². The predicted octanol–water partition coefficient (Wildman–Crippen LogP) is 3.44. The fraction of sp³-hybridized carbons (Fsp3) is 0.300. The summed E-state index contributed by atoms with van der Waals surface area (Å²) < 4.78 is 9.37. The normalized spacial score (nSPS) is 12.7. The Morgan fingerprint density at radius 2 is 1.79 bits per heavy atom. The number of benzene rings is 1. The highest BCUT2D eigenvalue weighted by Gasteiger charge is 2.19. The van der Waals surface area contributed by atoms with E-state index in [-0.39, 0.29) is 0 Å². The Bertz CT molecular complexity index is 319. The van der Waals surface area contributed by atoms with Gasteiger partial charge in [-0.1, -0.05) is 18.2 Å². The minimum absolute atomic E-state index is 0.520. The Morgan fingerprint density at radius 1 is 1.21 bits per heavy atom. The molecule has 0 radical (unpaired) electrons. The van der Waals surface area contributed by atoms with Crippen molar-refractivity contribution in [2.45, 2.75) is 19.6 Å². The van der Waals surface area contributed by atoms with Gasteiger partial charge in [0.2, 0.25) is 14.2 Å². The monoisotopic (exact) mass is 227 g/mol. The molecule has 0 fully saturated rings. The van der Waals surface area contributed by atoms with Gasteiger partial charge in [-0.2, -0.15) is 0 Å². The van der Waals surface area contributed by atoms with Crippen LogP contribution in [0.25, 0.3) is 0 Å². The highest BCUT2D eigenvalue weighted by atomic mass is 35.5. The number of rotatable bonds is 2. The van der Waals surface area contributed by atoms with Crippen LogP contribution < -0.4 is 0 Å². The third-order valence-corrected chi connectivity index (χ3v) is 2.46. The molecule has 2 nitrogen and oxygen atoms in total. The van der Waals surface area contributed by atoms with E-state index in [2.05, 4.69) is 24.2 Å². The molecule has 1 aromatic rings. The van der Waals surface area contributed by atoms with Gasteiger partial charge in [0.05, 0.1) is 0 Å². The second-order valence-electron chi connectivity index (χ2n) is 3.97. The van der Waals surface area contributed by atoms with E-state index < -0.39 is 8.32 Å². The summed E-state index contributed by atoms with van der Waals surface area (Å²) >= 11 is 5.49. The molecule has 0 aliphatic heterocycles. The molecule has 0 spiro atoms. The second-order valence-corrected chi connectivity index (χ2v) is 8.57. The molecule has 0 amide bonds. The van der Waals surface area contributed by atoms with Crippen molar-refractivity contribution < 1.29 is 4.43 Å². The molecule has 0 heterocycles. The van der Waals surface area contributed by atoms with Gasteiger partial charge in [0.1, 0.15) is 0 Å². The van der Waals surface area contributed by atoms with Gasteiger partial charge in [-0.25, -0.2) is 0 Å². The standard InChI is InChI=1S/C10H14ClNOSi/c1-14(2,3)13-10(12-11)9-7-5-4-6-8-9/h4-8H,1-3H3/b12-10-. The average molecular weight is 228 g/mol. The predicted molar refractivity (Wildman–Crippen MR) is 63.3 cm³/mol. The molecule has 0 unspecified atom stereocenters. The zero-order valence-electron chi connectivity index (χ0n) is 8.62. The Hall–Kier alpha value is -0.803. The lowest BCUT2D eigenvalue weighted by atomic mass is 10.2. The van der Waals surface area contributed by atoms with E-state index in [1.54, 1.807) is 0 Å². The van der Waals surface area contributed by atoms with Gasteiger partial charge in [0, 0.05) is 17.3 Å². The molecule has 0 aliphatic carbocycles. The number of nitrogens with zero attached hydrogens (tertiary/aromatic N) is 1. The van der Waals surface area contributed by atoms with E-state index in [0.717, 1.165) is 5.56 Å². The summed E-state index contributed by atoms with van der Waals surface area (Å²) in [6, 6.07) is 9.68. The first-order valence-electron chi connectivity index (χ1n) is 4.46. The first-order valence-corrected chi connectivity index (χ1v) is 8.21. The molecule has 14 heavy (non-hydrogen) atoms. The highest BCUT2D eigenvalue weighted by Crippen LogP contribution is 2.11. The fourth-order valence-electron chi connectivity index (χ4n) is 0.996. The Balaban J connectivity index is 2.85. The summed E-state index contributed by atoms with van der Waals surface area (Å²) in [5.41, 5.74) is 0.921. The summed E-state index contributed by atoms with van der Waals surface area (Å²) in [5, 5.41) is 0. The summed E-state index contributed by atoms with van der Waals surface area (Å²) in [4.78, 5) is 0. The first kappa shape index (κ1) is 11.3. The van der Waals surface area contributed by atoms with Crippen molar-refractivity contribution in [1.82, 2.24) is 0 Å². The van der Waals surface area contributed by atoms with Gasteiger partial charge in [0.25, 0.3) is 0 Å². The maximum Gasteiger partial charge on any atom is 0.244 e.